The number of amides is 1. The summed E-state index contributed by atoms with van der Waals surface area (Å²) in [5.41, 5.74) is 12.9. The van der Waals surface area contributed by atoms with Gasteiger partial charge in [0, 0.05) is 61.5 Å². The number of carbonyl (C=O) groups excluding carboxylic acids is 1. The number of halogens is 4. The second-order valence-electron chi connectivity index (χ2n) is 17.7. The zero-order valence-corrected chi connectivity index (χ0v) is 42.7. The molecule has 5 aromatic carbocycles. The summed E-state index contributed by atoms with van der Waals surface area (Å²) in [6, 6.07) is 36.4. The molecular weight excluding hydrogens is 1010 g/mol. The summed E-state index contributed by atoms with van der Waals surface area (Å²) in [7, 11) is 0. The van der Waals surface area contributed by atoms with Gasteiger partial charge in [0.1, 0.15) is 11.6 Å². The SMILES string of the molecule is Brc1ccc(C2=NN=C(C3CCCC3)C2)cc1.C#Cc1cccc(F)c1.CC(=N)c1ccc(Br)cc1.Fc1cccc(C#Cc2ccc(C3=NN=C(C4CCCC4)C3)cc2)c1.NNC(=O)C1CCCC1. The molecule has 3 aliphatic carbocycles. The van der Waals surface area contributed by atoms with E-state index in [2.05, 4.69) is 99.7 Å². The Labute approximate surface area is 428 Å². The molecule has 0 aromatic heterocycles. The van der Waals surface area contributed by atoms with Gasteiger partial charge in [-0.1, -0.05) is 137 Å². The van der Waals surface area contributed by atoms with Crippen LogP contribution in [0, 0.1) is 59.0 Å². The molecule has 3 saturated carbocycles. The lowest BCUT2D eigenvalue weighted by Crippen LogP contribution is -2.34. The number of hydrazine groups is 1. The minimum absolute atomic E-state index is 0.00694. The molecule has 12 heteroatoms. The number of nitrogens with one attached hydrogen (secondary N) is 2. The first-order chi connectivity index (χ1) is 34.0. The Morgan fingerprint density at radius 2 is 1.04 bits per heavy atom. The third kappa shape index (κ3) is 17.0. The topological polar surface area (TPSA) is 128 Å². The van der Waals surface area contributed by atoms with Gasteiger partial charge < -0.3 is 5.41 Å². The average Bonchev–Trinajstić information content (AvgIpc) is 4.25. The zero-order valence-electron chi connectivity index (χ0n) is 39.5. The zero-order chi connectivity index (χ0) is 49.7. The van der Waals surface area contributed by atoms with E-state index < -0.39 is 0 Å². The minimum Gasteiger partial charge on any atom is -0.305 e. The molecule has 0 bridgehead atoms. The summed E-state index contributed by atoms with van der Waals surface area (Å²) in [6.07, 6.45) is 21.7. The summed E-state index contributed by atoms with van der Waals surface area (Å²) >= 11 is 6.78. The van der Waals surface area contributed by atoms with Crippen LogP contribution in [-0.4, -0.2) is 34.5 Å². The van der Waals surface area contributed by atoms with E-state index in [1.54, 1.807) is 31.2 Å². The molecule has 70 heavy (non-hydrogen) atoms. The van der Waals surface area contributed by atoms with Crippen molar-refractivity contribution in [1.82, 2.24) is 5.43 Å². The van der Waals surface area contributed by atoms with Gasteiger partial charge in [-0.2, -0.15) is 20.4 Å². The van der Waals surface area contributed by atoms with Crippen LogP contribution < -0.4 is 11.3 Å². The van der Waals surface area contributed by atoms with Crippen LogP contribution in [0.5, 0.6) is 0 Å². The van der Waals surface area contributed by atoms with E-state index in [4.69, 9.17) is 17.7 Å². The van der Waals surface area contributed by atoms with Crippen molar-refractivity contribution in [1.29, 1.82) is 5.41 Å². The van der Waals surface area contributed by atoms with E-state index >= 15 is 0 Å². The van der Waals surface area contributed by atoms with Crippen molar-refractivity contribution >= 4 is 66.3 Å². The highest BCUT2D eigenvalue weighted by Crippen LogP contribution is 2.31. The molecule has 5 aliphatic rings. The van der Waals surface area contributed by atoms with Gasteiger partial charge in [0.15, 0.2) is 0 Å². The maximum Gasteiger partial charge on any atom is 0.236 e. The van der Waals surface area contributed by atoms with Crippen molar-refractivity contribution in [3.63, 3.8) is 0 Å². The quantitative estimate of drug-likeness (QED) is 0.0515. The van der Waals surface area contributed by atoms with Crippen LogP contribution >= 0.6 is 31.9 Å². The first-order valence-corrected chi connectivity index (χ1v) is 25.5. The fourth-order valence-corrected chi connectivity index (χ4v) is 9.23. The van der Waals surface area contributed by atoms with E-state index in [-0.39, 0.29) is 23.5 Å². The van der Waals surface area contributed by atoms with E-state index in [0.29, 0.717) is 28.7 Å². The Balaban J connectivity index is 0.000000155. The molecule has 2 aliphatic heterocycles. The normalized spacial score (nSPS) is 16.1. The fourth-order valence-electron chi connectivity index (χ4n) is 8.71. The molecule has 0 unspecified atom stereocenters. The van der Waals surface area contributed by atoms with Crippen LogP contribution in [0.2, 0.25) is 0 Å². The molecule has 0 saturated heterocycles. The molecule has 1 amide bonds. The van der Waals surface area contributed by atoms with Gasteiger partial charge in [-0.05, 0) is 147 Å². The molecule has 0 atom stereocenters. The average molecular weight is 1070 g/mol. The Hall–Kier alpha value is -6.18. The molecule has 360 valence electrons. The van der Waals surface area contributed by atoms with E-state index in [9.17, 15) is 13.6 Å². The van der Waals surface area contributed by atoms with Crippen LogP contribution in [0.4, 0.5) is 8.78 Å². The number of nitrogens with two attached hydrogens (primary N) is 1. The number of benzene rings is 5. The number of carbonyl (C=O) groups is 1. The minimum atomic E-state index is -0.287. The first-order valence-electron chi connectivity index (χ1n) is 23.9. The van der Waals surface area contributed by atoms with Crippen molar-refractivity contribution < 1.29 is 13.6 Å². The number of terminal acetylenes is 1. The number of rotatable bonds is 6. The highest BCUT2D eigenvalue weighted by Gasteiger charge is 2.27. The third-order valence-corrected chi connectivity index (χ3v) is 13.7. The second kappa shape index (κ2) is 27.9. The van der Waals surface area contributed by atoms with Gasteiger partial charge in [0.05, 0.1) is 11.4 Å². The molecular formula is C58H59Br2F2N7O. The Morgan fingerprint density at radius 1 is 0.614 bits per heavy atom. The van der Waals surface area contributed by atoms with Gasteiger partial charge in [0.2, 0.25) is 5.91 Å². The van der Waals surface area contributed by atoms with Crippen LogP contribution in [0.25, 0.3) is 0 Å². The van der Waals surface area contributed by atoms with Crippen LogP contribution in [-0.2, 0) is 4.79 Å². The summed E-state index contributed by atoms with van der Waals surface area (Å²) in [5, 5.41) is 24.8. The number of hydrogen-bond donors (Lipinski definition) is 3. The van der Waals surface area contributed by atoms with Crippen molar-refractivity contribution in [3.05, 3.63) is 175 Å². The van der Waals surface area contributed by atoms with Crippen LogP contribution in [0.15, 0.2) is 151 Å². The van der Waals surface area contributed by atoms with E-state index in [0.717, 1.165) is 62.7 Å². The maximum absolute atomic E-state index is 13.2. The van der Waals surface area contributed by atoms with Gasteiger partial charge in [-0.15, -0.1) is 6.42 Å². The Bertz CT molecular complexity index is 2770. The highest BCUT2D eigenvalue weighted by atomic mass is 79.9. The molecule has 3 fully saturated rings. The van der Waals surface area contributed by atoms with Crippen molar-refractivity contribution in [2.45, 2.75) is 96.8 Å². The van der Waals surface area contributed by atoms with Gasteiger partial charge in [-0.25, -0.2) is 14.6 Å². The smallest absolute Gasteiger partial charge is 0.236 e. The van der Waals surface area contributed by atoms with Gasteiger partial charge in [-0.3, -0.25) is 10.2 Å². The van der Waals surface area contributed by atoms with Gasteiger partial charge in [0.25, 0.3) is 0 Å². The van der Waals surface area contributed by atoms with Crippen LogP contribution in [0.3, 0.4) is 0 Å². The predicted molar refractivity (Wildman–Crippen MR) is 289 cm³/mol. The lowest BCUT2D eigenvalue weighted by molar-refractivity contribution is -0.124. The highest BCUT2D eigenvalue weighted by molar-refractivity contribution is 9.10. The van der Waals surface area contributed by atoms with Crippen molar-refractivity contribution in [2.75, 3.05) is 0 Å². The molecule has 2 heterocycles. The lowest BCUT2D eigenvalue weighted by Gasteiger charge is -2.08. The standard InChI is InChI=1S/C22H19FN2.C14H15BrN2.C8H8BrN.C8H5F.C6H12N2O/c23-20-7-3-4-17(14-20)9-8-16-10-12-19(13-11-16)22-15-21(24-25-22)18-5-1-2-6-18;15-12-7-5-11(6-8-12)14-9-13(16-17-14)10-3-1-2-4-10;1-6(10)7-2-4-8(9)5-3-7;1-2-7-4-3-5-8(9)6-7;7-8-6(9)5-3-1-2-4-5/h3-4,7,10-14,18H,1-2,5-6,15H2;5-8,10H,1-4,9H2;2-5,10H,1H3;1,3-6H;5H,1-4,7H2,(H,8,9). The monoisotopic (exact) mass is 1070 g/mol. The molecule has 10 rings (SSSR count). The Kier molecular flexibility index (Phi) is 21.2. The van der Waals surface area contributed by atoms with E-state index in [1.165, 1.54) is 105 Å². The maximum atomic E-state index is 13.2. The lowest BCUT2D eigenvalue weighted by atomic mass is 9.95. The molecule has 0 radical (unpaired) electrons. The van der Waals surface area contributed by atoms with E-state index in [1.807, 2.05) is 48.5 Å². The number of hydrogen-bond acceptors (Lipinski definition) is 7. The molecule has 4 N–H and O–H groups in total. The fraction of sp³-hybridized carbons (Fsp3) is 0.310. The second-order valence-corrected chi connectivity index (χ2v) is 19.5. The summed E-state index contributed by atoms with van der Waals surface area (Å²) < 4.78 is 27.6. The third-order valence-electron chi connectivity index (χ3n) is 12.7. The van der Waals surface area contributed by atoms with Crippen molar-refractivity contribution in [2.24, 2.45) is 44.0 Å². The van der Waals surface area contributed by atoms with Crippen LogP contribution in [0.1, 0.15) is 130 Å². The number of nitrogens with zero attached hydrogens (tertiary/aromatic N) is 4. The summed E-state index contributed by atoms with van der Waals surface area (Å²) in [5.74, 6) is 14.3. The largest absolute Gasteiger partial charge is 0.305 e. The van der Waals surface area contributed by atoms with Crippen molar-refractivity contribution in [3.8, 4) is 24.2 Å². The predicted octanol–water partition coefficient (Wildman–Crippen LogP) is 14.0. The Morgan fingerprint density at radius 3 is 1.49 bits per heavy atom. The molecule has 8 nitrogen and oxygen atoms in total. The summed E-state index contributed by atoms with van der Waals surface area (Å²) in [6.45, 7) is 1.78. The summed E-state index contributed by atoms with van der Waals surface area (Å²) in [4.78, 5) is 10.8. The van der Waals surface area contributed by atoms with Gasteiger partial charge >= 0.3 is 0 Å². The first kappa shape index (κ1) is 53.2. The molecule has 5 aromatic rings. The molecule has 0 spiro atoms.